The van der Waals surface area contributed by atoms with Gasteiger partial charge in [0, 0.05) is 21.9 Å². The zero-order chi connectivity index (χ0) is 19.7. The summed E-state index contributed by atoms with van der Waals surface area (Å²) in [6.07, 6.45) is 3.57. The zero-order valence-electron chi connectivity index (χ0n) is 16.1. The van der Waals surface area contributed by atoms with E-state index in [2.05, 4.69) is 12.2 Å². The summed E-state index contributed by atoms with van der Waals surface area (Å²) in [7, 11) is 0. The summed E-state index contributed by atoms with van der Waals surface area (Å²) in [5.74, 6) is -0.218. The normalized spacial score (nSPS) is 26.3. The van der Waals surface area contributed by atoms with Crippen LogP contribution in [0.3, 0.4) is 0 Å². The van der Waals surface area contributed by atoms with Crippen molar-refractivity contribution in [1.82, 2.24) is 5.32 Å². The van der Waals surface area contributed by atoms with Crippen molar-refractivity contribution in [2.24, 2.45) is 11.8 Å². The van der Waals surface area contributed by atoms with E-state index in [9.17, 15) is 4.39 Å². The molecule has 1 aliphatic heterocycles. The average molecular weight is 406 g/mol. The van der Waals surface area contributed by atoms with Crippen LogP contribution in [0.15, 0.2) is 36.4 Å². The Bertz CT molecular complexity index is 841. The molecular formula is C23H26ClF2NO. The summed E-state index contributed by atoms with van der Waals surface area (Å²) in [5, 5.41) is 4.13. The molecule has 1 N–H and O–H groups in total. The second kappa shape index (κ2) is 8.00. The predicted molar refractivity (Wildman–Crippen MR) is 108 cm³/mol. The van der Waals surface area contributed by atoms with E-state index >= 15 is 4.39 Å². The first-order valence-corrected chi connectivity index (χ1v) is 10.5. The summed E-state index contributed by atoms with van der Waals surface area (Å²) < 4.78 is 35.5. The van der Waals surface area contributed by atoms with Crippen LogP contribution in [0.4, 0.5) is 8.78 Å². The summed E-state index contributed by atoms with van der Waals surface area (Å²) in [6, 6.07) is 10.1. The number of hydrogen-bond acceptors (Lipinski definition) is 2. The highest BCUT2D eigenvalue weighted by atomic mass is 35.5. The Balaban J connectivity index is 1.82. The maximum absolute atomic E-state index is 15.1. The molecule has 5 heteroatoms. The Hall–Kier alpha value is -1.65. The molecule has 1 aliphatic carbocycles. The van der Waals surface area contributed by atoms with Gasteiger partial charge in [0.2, 0.25) is 0 Å². The molecule has 3 atom stereocenters. The first-order chi connectivity index (χ1) is 13.5. The SMILES string of the molecule is CCNC[C@@H]1CCC[C@@]2(Cc3ccc(Cl)cc3)c3c(F)ccc(F)c3OCC12. The highest BCUT2D eigenvalue weighted by molar-refractivity contribution is 6.30. The number of fused-ring (bicyclic) bond motifs is 3. The third kappa shape index (κ3) is 3.42. The van der Waals surface area contributed by atoms with Crippen molar-refractivity contribution >= 4 is 11.6 Å². The molecule has 2 aromatic rings. The number of nitrogens with one attached hydrogen (secondary N) is 1. The second-order valence-electron chi connectivity index (χ2n) is 8.07. The Morgan fingerprint density at radius 1 is 1.14 bits per heavy atom. The Morgan fingerprint density at radius 2 is 1.89 bits per heavy atom. The molecule has 0 spiro atoms. The van der Waals surface area contributed by atoms with E-state index in [4.69, 9.17) is 16.3 Å². The standard InChI is InChI=1S/C23H26ClF2NO/c1-2-27-13-16-4-3-11-23(12-15-5-7-17(24)8-6-15)18(16)14-28-22-20(26)10-9-19(25)21(22)23/h5-10,16,18,27H,2-4,11-14H2,1H3/t16-,18?,23-/m0/s1. The van der Waals surface area contributed by atoms with Gasteiger partial charge in [-0.15, -0.1) is 0 Å². The van der Waals surface area contributed by atoms with E-state index in [0.717, 1.165) is 37.9 Å². The number of ether oxygens (including phenoxy) is 1. The minimum absolute atomic E-state index is 0.106. The molecule has 1 heterocycles. The van der Waals surface area contributed by atoms with Gasteiger partial charge in [-0.3, -0.25) is 0 Å². The number of hydrogen-bond donors (Lipinski definition) is 1. The zero-order valence-corrected chi connectivity index (χ0v) is 16.9. The minimum atomic E-state index is -0.473. The van der Waals surface area contributed by atoms with Gasteiger partial charge in [0.15, 0.2) is 11.6 Å². The van der Waals surface area contributed by atoms with Gasteiger partial charge < -0.3 is 10.1 Å². The molecule has 2 nitrogen and oxygen atoms in total. The third-order valence-electron chi connectivity index (χ3n) is 6.53. The Morgan fingerprint density at radius 3 is 2.64 bits per heavy atom. The lowest BCUT2D eigenvalue weighted by Crippen LogP contribution is -2.52. The van der Waals surface area contributed by atoms with Gasteiger partial charge in [0.05, 0.1) is 6.61 Å². The van der Waals surface area contributed by atoms with Crippen molar-refractivity contribution in [2.75, 3.05) is 19.7 Å². The molecule has 0 saturated heterocycles. The lowest BCUT2D eigenvalue weighted by atomic mass is 9.55. The highest BCUT2D eigenvalue weighted by Crippen LogP contribution is 2.55. The molecule has 1 unspecified atom stereocenters. The fourth-order valence-electron chi connectivity index (χ4n) is 5.28. The lowest BCUT2D eigenvalue weighted by molar-refractivity contribution is 0.0332. The molecular weight excluding hydrogens is 380 g/mol. The second-order valence-corrected chi connectivity index (χ2v) is 8.51. The van der Waals surface area contributed by atoms with E-state index in [1.54, 1.807) is 0 Å². The highest BCUT2D eigenvalue weighted by Gasteiger charge is 2.52. The summed E-state index contributed by atoms with van der Waals surface area (Å²) in [5.41, 5.74) is 1.06. The van der Waals surface area contributed by atoms with Gasteiger partial charge >= 0.3 is 0 Å². The van der Waals surface area contributed by atoms with Crippen LogP contribution in [0, 0.1) is 23.5 Å². The van der Waals surface area contributed by atoms with E-state index in [1.165, 1.54) is 12.1 Å². The number of rotatable bonds is 5. The van der Waals surface area contributed by atoms with E-state index in [0.29, 0.717) is 29.5 Å². The van der Waals surface area contributed by atoms with Crippen LogP contribution in [-0.2, 0) is 11.8 Å². The molecule has 4 rings (SSSR count). The molecule has 0 amide bonds. The molecule has 150 valence electrons. The molecule has 1 saturated carbocycles. The maximum atomic E-state index is 15.1. The van der Waals surface area contributed by atoms with Crippen molar-refractivity contribution < 1.29 is 13.5 Å². The summed E-state index contributed by atoms with van der Waals surface area (Å²) in [6.45, 7) is 4.29. The number of benzene rings is 2. The fraction of sp³-hybridized carbons (Fsp3) is 0.478. The van der Waals surface area contributed by atoms with Crippen LogP contribution >= 0.6 is 11.6 Å². The molecule has 0 aromatic heterocycles. The van der Waals surface area contributed by atoms with Crippen molar-refractivity contribution in [1.29, 1.82) is 0 Å². The fourth-order valence-corrected chi connectivity index (χ4v) is 5.41. The molecule has 0 bridgehead atoms. The van der Waals surface area contributed by atoms with Crippen molar-refractivity contribution in [3.63, 3.8) is 0 Å². The van der Waals surface area contributed by atoms with E-state index in [-0.39, 0.29) is 17.5 Å². The third-order valence-corrected chi connectivity index (χ3v) is 6.78. The Kier molecular flexibility index (Phi) is 5.62. The first kappa shape index (κ1) is 19.7. The predicted octanol–water partition coefficient (Wildman–Crippen LogP) is 5.52. The summed E-state index contributed by atoms with van der Waals surface area (Å²) in [4.78, 5) is 0. The first-order valence-electron chi connectivity index (χ1n) is 10.1. The van der Waals surface area contributed by atoms with E-state index in [1.807, 2.05) is 24.3 Å². The molecule has 2 aliphatic rings. The van der Waals surface area contributed by atoms with Gasteiger partial charge in [0.1, 0.15) is 5.82 Å². The van der Waals surface area contributed by atoms with Gasteiger partial charge in [-0.25, -0.2) is 8.78 Å². The van der Waals surface area contributed by atoms with Crippen LogP contribution < -0.4 is 10.1 Å². The van der Waals surface area contributed by atoms with Crippen molar-refractivity contribution in [3.8, 4) is 5.75 Å². The lowest BCUT2D eigenvalue weighted by Gasteiger charge is -2.52. The largest absolute Gasteiger partial charge is 0.490 e. The van der Waals surface area contributed by atoms with Gasteiger partial charge in [0.25, 0.3) is 0 Å². The molecule has 0 radical (unpaired) electrons. The van der Waals surface area contributed by atoms with Gasteiger partial charge in [-0.05, 0) is 68.1 Å². The maximum Gasteiger partial charge on any atom is 0.165 e. The van der Waals surface area contributed by atoms with Crippen LogP contribution in [0.25, 0.3) is 0 Å². The molecule has 2 aromatic carbocycles. The minimum Gasteiger partial charge on any atom is -0.490 e. The quantitative estimate of drug-likeness (QED) is 0.707. The summed E-state index contributed by atoms with van der Waals surface area (Å²) >= 11 is 6.06. The Labute approximate surface area is 170 Å². The smallest absolute Gasteiger partial charge is 0.165 e. The van der Waals surface area contributed by atoms with Crippen LogP contribution in [0.1, 0.15) is 37.3 Å². The van der Waals surface area contributed by atoms with Crippen molar-refractivity contribution in [2.45, 2.75) is 38.0 Å². The average Bonchev–Trinajstić information content (AvgIpc) is 2.70. The van der Waals surface area contributed by atoms with Crippen LogP contribution in [0.2, 0.25) is 5.02 Å². The molecule has 1 fully saturated rings. The van der Waals surface area contributed by atoms with Crippen molar-refractivity contribution in [3.05, 3.63) is 64.2 Å². The number of halogens is 3. The van der Waals surface area contributed by atoms with Gasteiger partial charge in [-0.1, -0.05) is 37.1 Å². The molecule has 28 heavy (non-hydrogen) atoms. The monoisotopic (exact) mass is 405 g/mol. The van der Waals surface area contributed by atoms with Crippen LogP contribution in [-0.4, -0.2) is 19.7 Å². The topological polar surface area (TPSA) is 21.3 Å². The van der Waals surface area contributed by atoms with Crippen LogP contribution in [0.5, 0.6) is 5.75 Å². The van der Waals surface area contributed by atoms with E-state index < -0.39 is 11.2 Å². The van der Waals surface area contributed by atoms with Gasteiger partial charge in [-0.2, -0.15) is 0 Å².